The molecule has 0 aromatic carbocycles. The Morgan fingerprint density at radius 2 is 2.03 bits per heavy atom. The van der Waals surface area contributed by atoms with E-state index in [1.54, 1.807) is 6.92 Å². The minimum atomic E-state index is -4.58. The fourth-order valence-electron chi connectivity index (χ4n) is 3.61. The summed E-state index contributed by atoms with van der Waals surface area (Å²) in [5, 5.41) is 7.16. The van der Waals surface area contributed by atoms with Gasteiger partial charge in [-0.25, -0.2) is 4.98 Å². The van der Waals surface area contributed by atoms with E-state index in [0.717, 1.165) is 29.8 Å². The topological polar surface area (TPSA) is 110 Å². The lowest BCUT2D eigenvalue weighted by Crippen LogP contribution is -2.21. The SMILES string of the molecule is [2H]C([2H])([2H])NC(=O)c1cnc(NC(=O)C2CC2)cc1Nc1cn(CC(F)(F)F)c2ccn(CC)c(=O)c12. The number of rotatable bonds is 7. The molecule has 1 aliphatic rings. The Hall–Kier alpha value is -3.83. The molecule has 12 heteroatoms. The summed E-state index contributed by atoms with van der Waals surface area (Å²) in [6, 6.07) is 2.64. The second kappa shape index (κ2) is 8.84. The van der Waals surface area contributed by atoms with Crippen molar-refractivity contribution in [2.24, 2.45) is 5.92 Å². The number of carbonyl (C=O) groups is 2. The third-order valence-electron chi connectivity index (χ3n) is 5.43. The summed E-state index contributed by atoms with van der Waals surface area (Å²) in [4.78, 5) is 41.9. The molecule has 1 saturated carbocycles. The number of nitrogens with one attached hydrogen (secondary N) is 3. The van der Waals surface area contributed by atoms with Crippen LogP contribution in [0.3, 0.4) is 0 Å². The number of amides is 2. The normalized spacial score (nSPS) is 15.4. The van der Waals surface area contributed by atoms with Gasteiger partial charge in [-0.3, -0.25) is 14.4 Å². The summed E-state index contributed by atoms with van der Waals surface area (Å²) in [5.74, 6) is -1.45. The maximum Gasteiger partial charge on any atom is 0.406 e. The first-order chi connectivity index (χ1) is 17.3. The smallest absolute Gasteiger partial charge is 0.355 e. The van der Waals surface area contributed by atoms with Gasteiger partial charge in [-0.15, -0.1) is 0 Å². The Morgan fingerprint density at radius 1 is 1.26 bits per heavy atom. The van der Waals surface area contributed by atoms with Gasteiger partial charge in [-0.2, -0.15) is 13.2 Å². The molecule has 1 aliphatic carbocycles. The fraction of sp³-hybridized carbons (Fsp3) is 0.364. The molecule has 9 nitrogen and oxygen atoms in total. The summed E-state index contributed by atoms with van der Waals surface area (Å²) in [7, 11) is 0. The van der Waals surface area contributed by atoms with Gasteiger partial charge >= 0.3 is 6.18 Å². The Kier molecular flexibility index (Phi) is 5.10. The van der Waals surface area contributed by atoms with Gasteiger partial charge in [-0.1, -0.05) is 0 Å². The number of hydrogen-bond donors (Lipinski definition) is 3. The van der Waals surface area contributed by atoms with Crippen LogP contribution >= 0.6 is 0 Å². The summed E-state index contributed by atoms with van der Waals surface area (Å²) >= 11 is 0. The first-order valence-corrected chi connectivity index (χ1v) is 10.4. The first-order valence-electron chi connectivity index (χ1n) is 11.9. The van der Waals surface area contributed by atoms with Gasteiger partial charge in [0.15, 0.2) is 0 Å². The maximum atomic E-state index is 13.2. The summed E-state index contributed by atoms with van der Waals surface area (Å²) < 4.78 is 63.8. The van der Waals surface area contributed by atoms with Crippen molar-refractivity contribution in [1.82, 2.24) is 19.4 Å². The highest BCUT2D eigenvalue weighted by Crippen LogP contribution is 2.33. The van der Waals surface area contributed by atoms with Crippen LogP contribution in [0, 0.1) is 5.92 Å². The van der Waals surface area contributed by atoms with Crippen molar-refractivity contribution < 1.29 is 26.9 Å². The van der Waals surface area contributed by atoms with Crippen molar-refractivity contribution in [3.05, 3.63) is 46.6 Å². The van der Waals surface area contributed by atoms with Crippen LogP contribution in [0.5, 0.6) is 0 Å². The van der Waals surface area contributed by atoms with E-state index in [0.29, 0.717) is 0 Å². The third-order valence-corrected chi connectivity index (χ3v) is 5.43. The molecule has 180 valence electrons. The number of aromatic nitrogens is 3. The van der Waals surface area contributed by atoms with E-state index in [4.69, 9.17) is 4.11 Å². The average molecular weight is 479 g/mol. The molecular weight excluding hydrogens is 453 g/mol. The van der Waals surface area contributed by atoms with E-state index in [-0.39, 0.29) is 52.0 Å². The molecule has 1 fully saturated rings. The van der Waals surface area contributed by atoms with Gasteiger partial charge in [0.2, 0.25) is 5.91 Å². The second-order valence-electron chi connectivity index (χ2n) is 7.91. The highest BCUT2D eigenvalue weighted by Gasteiger charge is 2.31. The van der Waals surface area contributed by atoms with E-state index in [1.807, 2.05) is 5.32 Å². The minimum Gasteiger partial charge on any atom is -0.355 e. The molecule has 3 aromatic rings. The number of anilines is 3. The first kappa shape index (κ1) is 19.6. The highest BCUT2D eigenvalue weighted by atomic mass is 19.4. The zero-order valence-corrected chi connectivity index (χ0v) is 18.0. The molecule has 3 N–H and O–H groups in total. The number of alkyl halides is 3. The molecule has 0 aliphatic heterocycles. The van der Waals surface area contributed by atoms with Gasteiger partial charge < -0.3 is 25.1 Å². The summed E-state index contributed by atoms with van der Waals surface area (Å²) in [6.45, 7) is -2.24. The maximum absolute atomic E-state index is 13.2. The van der Waals surface area contributed by atoms with Crippen LogP contribution in [-0.2, 0) is 17.9 Å². The monoisotopic (exact) mass is 479 g/mol. The van der Waals surface area contributed by atoms with Gasteiger partial charge in [0.05, 0.1) is 27.8 Å². The predicted molar refractivity (Wildman–Crippen MR) is 120 cm³/mol. The number of fused-ring (bicyclic) bond motifs is 1. The van der Waals surface area contributed by atoms with Gasteiger partial charge in [0, 0.05) is 48.2 Å². The van der Waals surface area contributed by atoms with Crippen LogP contribution in [-0.4, -0.2) is 39.1 Å². The molecule has 0 spiro atoms. The summed E-state index contributed by atoms with van der Waals surface area (Å²) in [6.07, 6.45) is 0.370. The molecule has 0 unspecified atom stereocenters. The van der Waals surface area contributed by atoms with Crippen molar-refractivity contribution in [1.29, 1.82) is 0 Å². The molecule has 0 saturated heterocycles. The van der Waals surface area contributed by atoms with E-state index in [9.17, 15) is 27.6 Å². The lowest BCUT2D eigenvalue weighted by molar-refractivity contribution is -0.139. The van der Waals surface area contributed by atoms with Crippen LogP contribution in [0.1, 0.15) is 34.2 Å². The van der Waals surface area contributed by atoms with Crippen molar-refractivity contribution in [2.75, 3.05) is 17.6 Å². The molecular formula is C22H23F3N6O3. The predicted octanol–water partition coefficient (Wildman–Crippen LogP) is 3.23. The summed E-state index contributed by atoms with van der Waals surface area (Å²) in [5.41, 5.74) is -0.919. The molecule has 4 rings (SSSR count). The van der Waals surface area contributed by atoms with Crippen LogP contribution in [0.4, 0.5) is 30.4 Å². The van der Waals surface area contributed by atoms with Crippen molar-refractivity contribution in [3.63, 3.8) is 0 Å². The molecule has 0 bridgehead atoms. The van der Waals surface area contributed by atoms with Crippen molar-refractivity contribution in [3.8, 4) is 0 Å². The standard InChI is InChI=1S/C22H23F3N6O3/c1-3-30-7-6-16-18(21(30)34)15(10-31(16)11-22(23,24)25)28-14-8-17(29-19(32)12-4-5-12)27-9-13(14)20(33)26-2/h6-10,12H,3-5,11H2,1-2H3,(H,26,33)(H2,27,28,29,32)/i2D3. The third kappa shape index (κ3) is 4.75. The molecule has 2 amide bonds. The molecule has 0 radical (unpaired) electrons. The Labute approximate surface area is 196 Å². The lowest BCUT2D eigenvalue weighted by atomic mass is 10.2. The number of carbonyl (C=O) groups excluding carboxylic acids is 2. The Bertz CT molecular complexity index is 1430. The second-order valence-corrected chi connectivity index (χ2v) is 7.91. The number of aryl methyl sites for hydroxylation is 1. The Balaban J connectivity index is 1.82. The fourth-order valence-corrected chi connectivity index (χ4v) is 3.61. The minimum absolute atomic E-state index is 0.0133. The van der Waals surface area contributed by atoms with Gasteiger partial charge in [0.1, 0.15) is 12.4 Å². The van der Waals surface area contributed by atoms with E-state index in [2.05, 4.69) is 15.6 Å². The van der Waals surface area contributed by atoms with Gasteiger partial charge in [0.25, 0.3) is 11.5 Å². The zero-order chi connectivity index (χ0) is 27.1. The van der Waals surface area contributed by atoms with Crippen LogP contribution < -0.4 is 21.5 Å². The van der Waals surface area contributed by atoms with Crippen LogP contribution in [0.25, 0.3) is 10.9 Å². The van der Waals surface area contributed by atoms with E-state index in [1.165, 1.54) is 22.9 Å². The Morgan fingerprint density at radius 3 is 2.68 bits per heavy atom. The number of pyridine rings is 2. The highest BCUT2D eigenvalue weighted by molar-refractivity contribution is 6.03. The van der Waals surface area contributed by atoms with Crippen molar-refractivity contribution >= 4 is 39.9 Å². The van der Waals surface area contributed by atoms with Crippen LogP contribution in [0.2, 0.25) is 0 Å². The number of nitrogens with zero attached hydrogens (tertiary/aromatic N) is 3. The molecule has 34 heavy (non-hydrogen) atoms. The van der Waals surface area contributed by atoms with E-state index < -0.39 is 31.2 Å². The number of halogens is 3. The quantitative estimate of drug-likeness (QED) is 0.482. The number of hydrogen-bond acceptors (Lipinski definition) is 5. The average Bonchev–Trinajstić information content (AvgIpc) is 3.57. The lowest BCUT2D eigenvalue weighted by Gasteiger charge is -2.13. The van der Waals surface area contributed by atoms with Crippen molar-refractivity contribution in [2.45, 2.75) is 39.0 Å². The van der Waals surface area contributed by atoms with E-state index >= 15 is 0 Å². The zero-order valence-electron chi connectivity index (χ0n) is 21.0. The molecule has 0 atom stereocenters. The van der Waals surface area contributed by atoms with Gasteiger partial charge in [-0.05, 0) is 25.8 Å². The molecule has 3 aromatic heterocycles. The molecule has 3 heterocycles. The largest absolute Gasteiger partial charge is 0.406 e. The van der Waals surface area contributed by atoms with Crippen LogP contribution in [0.15, 0.2) is 35.5 Å².